The van der Waals surface area contributed by atoms with Gasteiger partial charge in [0.15, 0.2) is 0 Å². The number of hydrogen-bond donors (Lipinski definition) is 1. The lowest BCUT2D eigenvalue weighted by Gasteiger charge is -2.23. The molecule has 0 atom stereocenters. The van der Waals surface area contributed by atoms with Gasteiger partial charge in [-0.25, -0.2) is 0 Å². The number of amides is 1. The topological polar surface area (TPSA) is 41.6 Å². The van der Waals surface area contributed by atoms with Crippen molar-refractivity contribution in [1.82, 2.24) is 0 Å². The second-order valence-electron chi connectivity index (χ2n) is 6.43. The molecule has 1 N–H and O–H groups in total. The summed E-state index contributed by atoms with van der Waals surface area (Å²) in [6.45, 7) is 2.50. The minimum absolute atomic E-state index is 0.0102. The molecule has 0 fully saturated rings. The van der Waals surface area contributed by atoms with E-state index in [0.717, 1.165) is 33.9 Å². The van der Waals surface area contributed by atoms with E-state index in [4.69, 9.17) is 4.74 Å². The molecule has 0 bridgehead atoms. The fraction of sp³-hybridized carbons (Fsp3) is 0.136. The van der Waals surface area contributed by atoms with Crippen LogP contribution in [0.3, 0.4) is 0 Å². The van der Waals surface area contributed by atoms with Gasteiger partial charge in [-0.3, -0.25) is 4.79 Å². The molecule has 4 rings (SSSR count). The number of benzene rings is 3. The van der Waals surface area contributed by atoms with Crippen molar-refractivity contribution < 1.29 is 9.53 Å². The number of nitrogens with zero attached hydrogens (tertiary/aromatic N) is 1. The normalized spacial score (nSPS) is 12.7. The zero-order chi connectivity index (χ0) is 18.1. The van der Waals surface area contributed by atoms with Gasteiger partial charge < -0.3 is 15.0 Å². The Balaban J connectivity index is 1.86. The molecule has 1 aliphatic heterocycles. The zero-order valence-corrected chi connectivity index (χ0v) is 14.8. The Morgan fingerprint density at radius 3 is 2.54 bits per heavy atom. The SMILES string of the molecule is COc1ccc2c(c1)Nc1ccc(C)cc1C(=O)N2Cc1ccccc1. The third-order valence-corrected chi connectivity index (χ3v) is 4.60. The van der Waals surface area contributed by atoms with Gasteiger partial charge in [-0.15, -0.1) is 0 Å². The summed E-state index contributed by atoms with van der Waals surface area (Å²) >= 11 is 0. The molecule has 0 aromatic heterocycles. The predicted molar refractivity (Wildman–Crippen MR) is 104 cm³/mol. The van der Waals surface area contributed by atoms with Crippen molar-refractivity contribution in [3.8, 4) is 5.75 Å². The van der Waals surface area contributed by atoms with Gasteiger partial charge in [0.2, 0.25) is 0 Å². The van der Waals surface area contributed by atoms with Gasteiger partial charge in [-0.1, -0.05) is 42.0 Å². The molecule has 0 unspecified atom stereocenters. The molecule has 4 nitrogen and oxygen atoms in total. The molecule has 3 aromatic rings. The summed E-state index contributed by atoms with van der Waals surface area (Å²) in [5.41, 5.74) is 5.33. The molecule has 1 amide bonds. The summed E-state index contributed by atoms with van der Waals surface area (Å²) in [5, 5.41) is 3.41. The molecule has 0 saturated carbocycles. The van der Waals surface area contributed by atoms with Crippen LogP contribution in [0.2, 0.25) is 0 Å². The van der Waals surface area contributed by atoms with Gasteiger partial charge in [-0.05, 0) is 36.8 Å². The Kier molecular flexibility index (Phi) is 4.09. The smallest absolute Gasteiger partial charge is 0.260 e. The number of carbonyl (C=O) groups is 1. The van der Waals surface area contributed by atoms with E-state index in [1.54, 1.807) is 7.11 Å². The number of hydrogen-bond acceptors (Lipinski definition) is 3. The summed E-state index contributed by atoms with van der Waals surface area (Å²) in [6, 6.07) is 21.7. The Bertz CT molecular complexity index is 967. The van der Waals surface area contributed by atoms with Crippen molar-refractivity contribution in [1.29, 1.82) is 0 Å². The van der Waals surface area contributed by atoms with Crippen LogP contribution in [-0.2, 0) is 6.54 Å². The highest BCUT2D eigenvalue weighted by Crippen LogP contribution is 2.38. The molecule has 0 spiro atoms. The number of nitrogens with one attached hydrogen (secondary N) is 1. The highest BCUT2D eigenvalue weighted by Gasteiger charge is 2.27. The summed E-state index contributed by atoms with van der Waals surface area (Å²) in [4.78, 5) is 15.2. The third kappa shape index (κ3) is 2.90. The van der Waals surface area contributed by atoms with Gasteiger partial charge in [0.25, 0.3) is 5.91 Å². The van der Waals surface area contributed by atoms with E-state index in [1.807, 2.05) is 78.6 Å². The highest BCUT2D eigenvalue weighted by molar-refractivity contribution is 6.13. The van der Waals surface area contributed by atoms with Gasteiger partial charge in [0.05, 0.1) is 36.3 Å². The van der Waals surface area contributed by atoms with Crippen molar-refractivity contribution in [3.05, 3.63) is 83.4 Å². The maximum absolute atomic E-state index is 13.4. The third-order valence-electron chi connectivity index (χ3n) is 4.60. The fourth-order valence-electron chi connectivity index (χ4n) is 3.24. The van der Waals surface area contributed by atoms with E-state index in [1.165, 1.54) is 0 Å². The quantitative estimate of drug-likeness (QED) is 0.734. The highest BCUT2D eigenvalue weighted by atomic mass is 16.5. The van der Waals surface area contributed by atoms with Gasteiger partial charge in [-0.2, -0.15) is 0 Å². The molecule has 26 heavy (non-hydrogen) atoms. The first-order chi connectivity index (χ1) is 12.7. The van der Waals surface area contributed by atoms with Gasteiger partial charge in [0.1, 0.15) is 5.75 Å². The zero-order valence-electron chi connectivity index (χ0n) is 14.8. The molecule has 3 aromatic carbocycles. The van der Waals surface area contributed by atoms with Crippen LogP contribution in [-0.4, -0.2) is 13.0 Å². The van der Waals surface area contributed by atoms with Crippen LogP contribution in [0.25, 0.3) is 0 Å². The minimum Gasteiger partial charge on any atom is -0.497 e. The van der Waals surface area contributed by atoms with Crippen molar-refractivity contribution in [3.63, 3.8) is 0 Å². The van der Waals surface area contributed by atoms with E-state index < -0.39 is 0 Å². The summed E-state index contributed by atoms with van der Waals surface area (Å²) in [7, 11) is 1.64. The van der Waals surface area contributed by atoms with Crippen molar-refractivity contribution in [2.45, 2.75) is 13.5 Å². The lowest BCUT2D eigenvalue weighted by atomic mass is 10.1. The maximum Gasteiger partial charge on any atom is 0.260 e. The van der Waals surface area contributed by atoms with Crippen LogP contribution in [0.15, 0.2) is 66.7 Å². The standard InChI is InChI=1S/C22H20N2O2/c1-15-8-10-19-18(12-15)22(25)24(14-16-6-4-3-5-7-16)21-11-9-17(26-2)13-20(21)23-19/h3-13,23H,14H2,1-2H3. The second kappa shape index (κ2) is 6.56. The molecule has 1 aliphatic rings. The predicted octanol–water partition coefficient (Wildman–Crippen LogP) is 4.91. The minimum atomic E-state index is -0.0102. The number of rotatable bonds is 3. The van der Waals surface area contributed by atoms with E-state index in [9.17, 15) is 4.79 Å². The average Bonchev–Trinajstić information content (AvgIpc) is 2.78. The van der Waals surface area contributed by atoms with E-state index in [2.05, 4.69) is 5.32 Å². The van der Waals surface area contributed by atoms with Crippen LogP contribution in [0.5, 0.6) is 5.75 Å². The first-order valence-electron chi connectivity index (χ1n) is 8.57. The lowest BCUT2D eigenvalue weighted by Crippen LogP contribution is -2.29. The summed E-state index contributed by atoms with van der Waals surface area (Å²) < 4.78 is 5.37. The molecular weight excluding hydrogens is 324 g/mol. The molecule has 130 valence electrons. The van der Waals surface area contributed by atoms with Crippen LogP contribution >= 0.6 is 0 Å². The van der Waals surface area contributed by atoms with E-state index in [0.29, 0.717) is 12.1 Å². The lowest BCUT2D eigenvalue weighted by molar-refractivity contribution is 0.0986. The van der Waals surface area contributed by atoms with Gasteiger partial charge in [0, 0.05) is 6.07 Å². The van der Waals surface area contributed by atoms with Crippen molar-refractivity contribution in [2.24, 2.45) is 0 Å². The second-order valence-corrected chi connectivity index (χ2v) is 6.43. The van der Waals surface area contributed by atoms with Crippen LogP contribution in [0, 0.1) is 6.92 Å². The number of fused-ring (bicyclic) bond motifs is 2. The van der Waals surface area contributed by atoms with Gasteiger partial charge >= 0.3 is 0 Å². The van der Waals surface area contributed by atoms with Crippen LogP contribution in [0.4, 0.5) is 17.1 Å². The Morgan fingerprint density at radius 1 is 0.962 bits per heavy atom. The van der Waals surface area contributed by atoms with E-state index >= 15 is 0 Å². The molecule has 1 heterocycles. The fourth-order valence-corrected chi connectivity index (χ4v) is 3.24. The molecular formula is C22H20N2O2. The maximum atomic E-state index is 13.4. The van der Waals surface area contributed by atoms with Crippen molar-refractivity contribution in [2.75, 3.05) is 17.3 Å². The average molecular weight is 344 g/mol. The monoisotopic (exact) mass is 344 g/mol. The molecule has 0 aliphatic carbocycles. The summed E-state index contributed by atoms with van der Waals surface area (Å²) in [6.07, 6.45) is 0. The number of ether oxygens (including phenoxy) is 1. The molecule has 0 radical (unpaired) electrons. The Labute approximate surface area is 153 Å². The first kappa shape index (κ1) is 16.2. The number of methoxy groups -OCH3 is 1. The number of anilines is 3. The molecule has 4 heteroatoms. The largest absolute Gasteiger partial charge is 0.497 e. The van der Waals surface area contributed by atoms with E-state index in [-0.39, 0.29) is 5.91 Å². The summed E-state index contributed by atoms with van der Waals surface area (Å²) in [5.74, 6) is 0.739. The Hall–Kier alpha value is -3.27. The van der Waals surface area contributed by atoms with Crippen LogP contribution < -0.4 is 15.0 Å². The Morgan fingerprint density at radius 2 is 1.77 bits per heavy atom. The molecule has 0 saturated heterocycles. The van der Waals surface area contributed by atoms with Crippen LogP contribution in [0.1, 0.15) is 21.5 Å². The van der Waals surface area contributed by atoms with Crippen molar-refractivity contribution >= 4 is 23.0 Å². The first-order valence-corrected chi connectivity index (χ1v) is 8.57. The number of aryl methyl sites for hydroxylation is 1. The number of carbonyl (C=O) groups excluding carboxylic acids is 1.